The summed E-state index contributed by atoms with van der Waals surface area (Å²) in [6.45, 7) is 15.2. The zero-order valence-electron chi connectivity index (χ0n) is 26.8. The maximum Gasteiger partial charge on any atom is 0.216 e. The molecule has 0 aliphatic rings. The van der Waals surface area contributed by atoms with Gasteiger partial charge in [-0.2, -0.15) is 9.83 Å². The summed E-state index contributed by atoms with van der Waals surface area (Å²) in [7, 11) is 0.499. The molecular weight excluding hydrogens is 560 g/mol. The first-order valence-corrected chi connectivity index (χ1v) is 18.6. The Hall–Kier alpha value is -4.53. The summed E-state index contributed by atoms with van der Waals surface area (Å²) in [5.41, 5.74) is 9.11. The van der Waals surface area contributed by atoms with Gasteiger partial charge in [0, 0.05) is 28.0 Å². The third-order valence-corrected chi connectivity index (χ3v) is 10.8. The topological polar surface area (TPSA) is 40.8 Å². The van der Waals surface area contributed by atoms with Gasteiger partial charge >= 0.3 is 0 Å². The summed E-state index contributed by atoms with van der Waals surface area (Å²) in [4.78, 5) is 0. The van der Waals surface area contributed by atoms with Crippen LogP contribution in [-0.4, -0.2) is 8.07 Å². The van der Waals surface area contributed by atoms with E-state index in [4.69, 9.17) is 4.42 Å². The number of rotatable bonds is 4. The number of nitrogens with zero attached hydrogens (tertiary/aromatic N) is 2. The fraction of sp³-hybridized carbons (Fsp3) is 0.231. The second-order valence-corrected chi connectivity index (χ2v) is 19.0. The Morgan fingerprint density at radius 3 is 1.89 bits per heavy atom. The minimum absolute atomic E-state index is 0.227. The van der Waals surface area contributed by atoms with E-state index in [-0.39, 0.29) is 11.2 Å². The molecule has 4 aromatic carbocycles. The first-order chi connectivity index (χ1) is 20.8. The zero-order valence-corrected chi connectivity index (χ0v) is 27.8. The summed E-state index contributed by atoms with van der Waals surface area (Å²) in [5.74, 6) is -0.227. The van der Waals surface area contributed by atoms with Gasteiger partial charge in [-0.25, -0.2) is 4.39 Å². The largest absolute Gasteiger partial charge is 0.454 e. The van der Waals surface area contributed by atoms with Crippen molar-refractivity contribution in [1.29, 1.82) is 5.26 Å². The van der Waals surface area contributed by atoms with Crippen LogP contribution >= 0.6 is 0 Å². The van der Waals surface area contributed by atoms with Gasteiger partial charge in [-0.3, -0.25) is 0 Å². The molecule has 2 heterocycles. The summed E-state index contributed by atoms with van der Waals surface area (Å²) in [6.07, 6.45) is 1.55. The third kappa shape index (κ3) is 5.04. The number of benzene rings is 4. The van der Waals surface area contributed by atoms with Gasteiger partial charge in [-0.1, -0.05) is 106 Å². The second kappa shape index (κ2) is 10.6. The van der Waals surface area contributed by atoms with Crippen molar-refractivity contribution < 1.29 is 13.4 Å². The van der Waals surface area contributed by atoms with Crippen molar-refractivity contribution in [2.45, 2.75) is 52.8 Å². The van der Waals surface area contributed by atoms with E-state index in [2.05, 4.69) is 93.3 Å². The highest BCUT2D eigenvalue weighted by molar-refractivity contribution is 6.88. The fourth-order valence-electron chi connectivity index (χ4n) is 6.13. The minimum atomic E-state index is -1.37. The summed E-state index contributed by atoms with van der Waals surface area (Å²) in [5, 5.41) is 13.5. The fourth-order valence-corrected chi connectivity index (χ4v) is 7.30. The molecule has 0 saturated heterocycles. The molecule has 0 aliphatic heterocycles. The molecular formula is C39H38FN2OSi+. The molecule has 0 amide bonds. The molecule has 0 spiro atoms. The van der Waals surface area contributed by atoms with Gasteiger partial charge in [0.2, 0.25) is 11.9 Å². The maximum atomic E-state index is 15.1. The highest BCUT2D eigenvalue weighted by Gasteiger charge is 2.28. The number of aryl methyl sites for hydroxylation is 2. The molecule has 6 aromatic rings. The number of hydrogen-bond acceptors (Lipinski definition) is 2. The van der Waals surface area contributed by atoms with Crippen LogP contribution in [-0.2, 0) is 12.5 Å². The van der Waals surface area contributed by atoms with Crippen LogP contribution in [0.25, 0.3) is 55.4 Å². The first kappa shape index (κ1) is 29.5. The van der Waals surface area contributed by atoms with Crippen LogP contribution in [0.1, 0.15) is 37.5 Å². The van der Waals surface area contributed by atoms with E-state index in [1.807, 2.05) is 50.6 Å². The lowest BCUT2D eigenvalue weighted by Crippen LogP contribution is -2.37. The van der Waals surface area contributed by atoms with E-state index in [9.17, 15) is 5.26 Å². The zero-order chi connectivity index (χ0) is 31.6. The van der Waals surface area contributed by atoms with Crippen molar-refractivity contribution in [2.24, 2.45) is 7.05 Å². The lowest BCUT2D eigenvalue weighted by molar-refractivity contribution is -0.662. The molecule has 2 aromatic heterocycles. The van der Waals surface area contributed by atoms with Gasteiger partial charge < -0.3 is 4.42 Å². The van der Waals surface area contributed by atoms with Crippen molar-refractivity contribution in [2.75, 3.05) is 0 Å². The van der Waals surface area contributed by atoms with Crippen molar-refractivity contribution in [3.05, 3.63) is 108 Å². The predicted molar refractivity (Wildman–Crippen MR) is 182 cm³/mol. The van der Waals surface area contributed by atoms with Crippen LogP contribution in [0.15, 0.2) is 89.5 Å². The Kier molecular flexibility index (Phi) is 7.10. The van der Waals surface area contributed by atoms with Crippen molar-refractivity contribution in [1.82, 2.24) is 0 Å². The lowest BCUT2D eigenvalue weighted by atomic mass is 9.86. The van der Waals surface area contributed by atoms with Crippen molar-refractivity contribution in [3.63, 3.8) is 0 Å². The summed E-state index contributed by atoms with van der Waals surface area (Å²) < 4.78 is 23.7. The molecule has 0 aliphatic carbocycles. The molecule has 0 bridgehead atoms. The van der Waals surface area contributed by atoms with E-state index in [0.29, 0.717) is 16.7 Å². The van der Waals surface area contributed by atoms with E-state index in [1.54, 1.807) is 6.20 Å². The number of hydrogen-bond donors (Lipinski definition) is 0. The number of nitriles is 1. The van der Waals surface area contributed by atoms with E-state index < -0.39 is 8.07 Å². The normalized spacial score (nSPS) is 12.2. The Morgan fingerprint density at radius 2 is 1.32 bits per heavy atom. The monoisotopic (exact) mass is 597 g/mol. The van der Waals surface area contributed by atoms with E-state index in [1.165, 1.54) is 10.8 Å². The van der Waals surface area contributed by atoms with Gasteiger partial charge in [0.25, 0.3) is 0 Å². The Bertz CT molecular complexity index is 2100. The molecule has 44 heavy (non-hydrogen) atoms. The Balaban J connectivity index is 1.53. The molecule has 0 saturated carbocycles. The van der Waals surface area contributed by atoms with E-state index in [0.717, 1.165) is 49.9 Å². The van der Waals surface area contributed by atoms with Gasteiger partial charge in [0.15, 0.2) is 5.82 Å². The maximum absolute atomic E-state index is 15.1. The highest BCUT2D eigenvalue weighted by atomic mass is 28.3. The van der Waals surface area contributed by atoms with Gasteiger partial charge in [0.1, 0.15) is 18.2 Å². The average Bonchev–Trinajstić information content (AvgIpc) is 3.35. The first-order valence-electron chi connectivity index (χ1n) is 15.1. The van der Waals surface area contributed by atoms with Crippen LogP contribution in [0.3, 0.4) is 0 Å². The summed E-state index contributed by atoms with van der Waals surface area (Å²) >= 11 is 0. The van der Waals surface area contributed by atoms with Gasteiger partial charge in [-0.05, 0) is 46.7 Å². The second-order valence-electron chi connectivity index (χ2n) is 13.9. The standard InChI is InChI=1S/C39H38FN2OSi/c1-24-9-19-30-31-20-16-28(22-41)36(27-12-10-25(11-13-27)26-14-17-29(18-15-26)44(6,7)8)38(31)43-37(30)35(24)34-21-32(39(2,3)4)33(40)23-42(34)5/h9-21,23H,1-8H3/q+1. The molecule has 3 nitrogen and oxygen atoms in total. The third-order valence-electron chi connectivity index (χ3n) is 8.69. The molecule has 0 atom stereocenters. The number of furan rings is 1. The Morgan fingerprint density at radius 1 is 0.773 bits per heavy atom. The number of aromatic nitrogens is 1. The predicted octanol–water partition coefficient (Wildman–Crippen LogP) is 9.57. The average molecular weight is 598 g/mol. The molecule has 0 unspecified atom stereocenters. The molecule has 0 radical (unpaired) electrons. The van der Waals surface area contributed by atoms with Crippen molar-refractivity contribution >= 4 is 35.2 Å². The molecule has 6 rings (SSSR count). The SMILES string of the molecule is Cc1ccc2c(oc3c(-c4ccc(-c5ccc([Si](C)(C)C)cc5)cc4)c(C#N)ccc32)c1-c1cc(C(C)(C)C)c(F)c[n+]1C. The molecule has 220 valence electrons. The van der Waals surface area contributed by atoms with Crippen LogP contribution in [0.2, 0.25) is 19.6 Å². The van der Waals surface area contributed by atoms with E-state index >= 15 is 4.39 Å². The molecule has 0 N–H and O–H groups in total. The highest BCUT2D eigenvalue weighted by Crippen LogP contribution is 2.42. The molecule has 0 fully saturated rings. The van der Waals surface area contributed by atoms with Crippen LogP contribution < -0.4 is 9.75 Å². The quantitative estimate of drug-likeness (QED) is 0.150. The van der Waals surface area contributed by atoms with Gasteiger partial charge in [0.05, 0.1) is 25.3 Å². The minimum Gasteiger partial charge on any atom is -0.454 e. The summed E-state index contributed by atoms with van der Waals surface area (Å²) in [6, 6.07) is 29.7. The smallest absolute Gasteiger partial charge is 0.216 e. The lowest BCUT2D eigenvalue weighted by Gasteiger charge is -2.19. The number of halogens is 1. The molecule has 5 heteroatoms. The van der Waals surface area contributed by atoms with Crippen molar-refractivity contribution in [3.8, 4) is 39.6 Å². The van der Waals surface area contributed by atoms with Crippen LogP contribution in [0.5, 0.6) is 0 Å². The number of pyridine rings is 1. The van der Waals surface area contributed by atoms with Crippen LogP contribution in [0.4, 0.5) is 4.39 Å². The van der Waals surface area contributed by atoms with Crippen LogP contribution in [0, 0.1) is 24.1 Å². The Labute approximate surface area is 260 Å². The van der Waals surface area contributed by atoms with Gasteiger partial charge in [-0.15, -0.1) is 0 Å². The number of fused-ring (bicyclic) bond motifs is 3.